The molecule has 13 heavy (non-hydrogen) atoms. The van der Waals surface area contributed by atoms with Gasteiger partial charge in [0.1, 0.15) is 0 Å². The summed E-state index contributed by atoms with van der Waals surface area (Å²) in [6.45, 7) is 0. The molecular formula is C9H6BrNO2. The number of aliphatic imine (C=N–C) groups is 1. The molecule has 0 aromatic heterocycles. The second kappa shape index (κ2) is 4.70. The quantitative estimate of drug-likeness (QED) is 0.585. The third-order valence-electron chi connectivity index (χ3n) is 1.44. The molecule has 0 saturated heterocycles. The van der Waals surface area contributed by atoms with Gasteiger partial charge in [0.15, 0.2) is 0 Å². The molecule has 0 aliphatic carbocycles. The maximum atomic E-state index is 10.9. The van der Waals surface area contributed by atoms with Crippen LogP contribution in [0.1, 0.15) is 5.56 Å². The molecule has 1 aromatic carbocycles. The molecule has 0 atom stereocenters. The average Bonchev–Trinajstić information content (AvgIpc) is 2.09. The number of carbonyl (C=O) groups is 1. The summed E-state index contributed by atoms with van der Waals surface area (Å²) in [6, 6.07) is 7.24. The maximum Gasteiger partial charge on any atom is 0.260 e. The summed E-state index contributed by atoms with van der Waals surface area (Å²) < 4.78 is 0.947. The van der Waals surface area contributed by atoms with Crippen LogP contribution in [0.25, 0.3) is 0 Å². The van der Waals surface area contributed by atoms with Crippen molar-refractivity contribution in [3.05, 3.63) is 34.3 Å². The largest absolute Gasteiger partial charge is 0.271 e. The molecule has 66 valence electrons. The Morgan fingerprint density at radius 2 is 2.00 bits per heavy atom. The number of isocyanates is 1. The molecule has 0 fully saturated rings. The van der Waals surface area contributed by atoms with E-state index in [0.717, 1.165) is 10.0 Å². The second-order valence-electron chi connectivity index (χ2n) is 2.40. The second-order valence-corrected chi connectivity index (χ2v) is 3.32. The van der Waals surface area contributed by atoms with Gasteiger partial charge in [0, 0.05) is 4.47 Å². The highest BCUT2D eigenvalue weighted by Gasteiger charge is 2.00. The Morgan fingerprint density at radius 1 is 1.38 bits per heavy atom. The van der Waals surface area contributed by atoms with Gasteiger partial charge in [0.2, 0.25) is 6.08 Å². The number of nitrogens with zero attached hydrogens (tertiary/aromatic N) is 1. The summed E-state index contributed by atoms with van der Waals surface area (Å²) in [5.74, 6) is -0.475. The predicted molar refractivity (Wildman–Crippen MR) is 51.0 cm³/mol. The van der Waals surface area contributed by atoms with Crippen LogP contribution >= 0.6 is 15.9 Å². The monoisotopic (exact) mass is 239 g/mol. The van der Waals surface area contributed by atoms with Gasteiger partial charge < -0.3 is 0 Å². The van der Waals surface area contributed by atoms with Crippen LogP contribution in [0.3, 0.4) is 0 Å². The van der Waals surface area contributed by atoms with E-state index in [4.69, 9.17) is 0 Å². The summed E-state index contributed by atoms with van der Waals surface area (Å²) in [6.07, 6.45) is 1.36. The molecular weight excluding hydrogens is 234 g/mol. The molecule has 0 aliphatic rings. The van der Waals surface area contributed by atoms with Gasteiger partial charge in [0.05, 0.1) is 6.42 Å². The lowest BCUT2D eigenvalue weighted by Gasteiger charge is -1.95. The van der Waals surface area contributed by atoms with Crippen LogP contribution in [0.4, 0.5) is 0 Å². The van der Waals surface area contributed by atoms with Crippen molar-refractivity contribution in [1.82, 2.24) is 0 Å². The summed E-state index contributed by atoms with van der Waals surface area (Å²) in [5.41, 5.74) is 0.826. The van der Waals surface area contributed by atoms with Gasteiger partial charge in [0.25, 0.3) is 5.91 Å². The van der Waals surface area contributed by atoms with Crippen molar-refractivity contribution in [1.29, 1.82) is 0 Å². The van der Waals surface area contributed by atoms with Crippen LogP contribution in [-0.2, 0) is 16.0 Å². The highest BCUT2D eigenvalue weighted by Crippen LogP contribution is 2.10. The standard InChI is InChI=1S/C9H6BrNO2/c10-8-3-1-7(2-4-8)5-9(13)11-6-12/h1-4H,5H2. The molecule has 1 amide bonds. The molecule has 0 heterocycles. The number of hydrogen-bond acceptors (Lipinski definition) is 2. The van der Waals surface area contributed by atoms with E-state index < -0.39 is 5.91 Å². The van der Waals surface area contributed by atoms with Crippen LogP contribution in [0.5, 0.6) is 0 Å². The third-order valence-corrected chi connectivity index (χ3v) is 1.97. The van der Waals surface area contributed by atoms with E-state index in [-0.39, 0.29) is 6.42 Å². The summed E-state index contributed by atoms with van der Waals surface area (Å²) >= 11 is 3.27. The van der Waals surface area contributed by atoms with Crippen molar-refractivity contribution in [2.24, 2.45) is 4.99 Å². The molecule has 3 nitrogen and oxygen atoms in total. The van der Waals surface area contributed by atoms with E-state index in [1.54, 1.807) is 12.1 Å². The zero-order valence-corrected chi connectivity index (χ0v) is 8.24. The van der Waals surface area contributed by atoms with Crippen LogP contribution in [0, 0.1) is 0 Å². The van der Waals surface area contributed by atoms with Gasteiger partial charge in [-0.15, -0.1) is 4.99 Å². The highest BCUT2D eigenvalue weighted by molar-refractivity contribution is 9.10. The number of carbonyl (C=O) groups excluding carboxylic acids is 2. The van der Waals surface area contributed by atoms with Gasteiger partial charge in [-0.1, -0.05) is 28.1 Å². The molecule has 0 aliphatic heterocycles. The van der Waals surface area contributed by atoms with E-state index >= 15 is 0 Å². The van der Waals surface area contributed by atoms with E-state index in [0.29, 0.717) is 0 Å². The summed E-state index contributed by atoms with van der Waals surface area (Å²) in [7, 11) is 0. The smallest absolute Gasteiger partial charge is 0.260 e. The summed E-state index contributed by atoms with van der Waals surface area (Å²) in [4.78, 5) is 23.6. The molecule has 0 bridgehead atoms. The zero-order valence-electron chi connectivity index (χ0n) is 6.66. The fourth-order valence-electron chi connectivity index (χ4n) is 0.867. The molecule has 1 aromatic rings. The SMILES string of the molecule is O=C=NC(=O)Cc1ccc(Br)cc1. The number of amides is 1. The van der Waals surface area contributed by atoms with Gasteiger partial charge in [-0.2, -0.15) is 0 Å². The minimum Gasteiger partial charge on any atom is -0.271 e. The Bertz CT molecular complexity index is 352. The molecule has 4 heteroatoms. The van der Waals surface area contributed by atoms with Crippen molar-refractivity contribution in [3.8, 4) is 0 Å². The first-order valence-electron chi connectivity index (χ1n) is 3.57. The number of hydrogen-bond donors (Lipinski definition) is 0. The first kappa shape index (κ1) is 9.84. The third kappa shape index (κ3) is 3.32. The van der Waals surface area contributed by atoms with E-state index in [2.05, 4.69) is 20.9 Å². The molecule has 0 N–H and O–H groups in total. The normalized spacial score (nSPS) is 9.00. The van der Waals surface area contributed by atoms with Gasteiger partial charge in [-0.25, -0.2) is 4.79 Å². The molecule has 0 radical (unpaired) electrons. The fourth-order valence-corrected chi connectivity index (χ4v) is 1.13. The van der Waals surface area contributed by atoms with E-state index in [1.807, 2.05) is 12.1 Å². The van der Waals surface area contributed by atoms with Crippen LogP contribution in [-0.4, -0.2) is 12.0 Å². The molecule has 0 unspecified atom stereocenters. The van der Waals surface area contributed by atoms with Crippen molar-refractivity contribution in [2.75, 3.05) is 0 Å². The van der Waals surface area contributed by atoms with Crippen molar-refractivity contribution in [2.45, 2.75) is 6.42 Å². The van der Waals surface area contributed by atoms with Crippen molar-refractivity contribution in [3.63, 3.8) is 0 Å². The summed E-state index contributed by atoms with van der Waals surface area (Å²) in [5, 5.41) is 0. The maximum absolute atomic E-state index is 10.9. The Balaban J connectivity index is 2.69. The van der Waals surface area contributed by atoms with Crippen LogP contribution in [0.15, 0.2) is 33.7 Å². The topological polar surface area (TPSA) is 46.5 Å². The molecule has 1 rings (SSSR count). The van der Waals surface area contributed by atoms with Gasteiger partial charge in [-0.3, -0.25) is 4.79 Å². The van der Waals surface area contributed by atoms with Crippen molar-refractivity contribution < 1.29 is 9.59 Å². The average molecular weight is 240 g/mol. The minimum atomic E-state index is -0.475. The Labute approximate surface area is 83.6 Å². The number of benzene rings is 1. The number of rotatable bonds is 2. The van der Waals surface area contributed by atoms with Crippen LogP contribution < -0.4 is 0 Å². The lowest BCUT2D eigenvalue weighted by atomic mass is 10.1. The van der Waals surface area contributed by atoms with E-state index in [1.165, 1.54) is 6.08 Å². The highest BCUT2D eigenvalue weighted by atomic mass is 79.9. The first-order chi connectivity index (χ1) is 6.22. The predicted octanol–water partition coefficient (Wildman–Crippen LogP) is 1.85. The fraction of sp³-hybridized carbons (Fsp3) is 0.111. The Hall–Kier alpha value is -1.25. The van der Waals surface area contributed by atoms with E-state index in [9.17, 15) is 9.59 Å². The first-order valence-corrected chi connectivity index (χ1v) is 4.37. The molecule has 0 saturated carbocycles. The Kier molecular flexibility index (Phi) is 3.55. The minimum absolute atomic E-state index is 0.141. The van der Waals surface area contributed by atoms with Crippen LogP contribution in [0.2, 0.25) is 0 Å². The Morgan fingerprint density at radius 3 is 2.54 bits per heavy atom. The zero-order chi connectivity index (χ0) is 9.68. The lowest BCUT2D eigenvalue weighted by Crippen LogP contribution is -1.97. The lowest BCUT2D eigenvalue weighted by molar-refractivity contribution is -0.117. The number of halogens is 1. The van der Waals surface area contributed by atoms with Crippen molar-refractivity contribution >= 4 is 27.9 Å². The van der Waals surface area contributed by atoms with Gasteiger partial charge >= 0.3 is 0 Å². The molecule has 0 spiro atoms. The van der Waals surface area contributed by atoms with Gasteiger partial charge in [-0.05, 0) is 17.7 Å².